The third kappa shape index (κ3) is 4.76. The number of aliphatic imine (C=N–C) groups is 1. The van der Waals surface area contributed by atoms with E-state index in [2.05, 4.69) is 10.1 Å². The van der Waals surface area contributed by atoms with Crippen molar-refractivity contribution in [3.05, 3.63) is 53.1 Å². The first kappa shape index (κ1) is 23.4. The van der Waals surface area contributed by atoms with Crippen LogP contribution in [-0.2, 0) is 4.79 Å². The zero-order chi connectivity index (χ0) is 24.2. The number of ether oxygens (including phenoxy) is 4. The first-order chi connectivity index (χ1) is 16.4. The van der Waals surface area contributed by atoms with Crippen molar-refractivity contribution < 1.29 is 23.7 Å². The number of nitrogens with one attached hydrogen (secondary N) is 1. The molecule has 2 aliphatic rings. The van der Waals surface area contributed by atoms with Crippen LogP contribution in [0.25, 0.3) is 6.08 Å². The van der Waals surface area contributed by atoms with Gasteiger partial charge in [-0.1, -0.05) is 18.2 Å². The Morgan fingerprint density at radius 2 is 1.71 bits per heavy atom. The Morgan fingerprint density at radius 1 is 1.03 bits per heavy atom. The smallest absolute Gasteiger partial charge is 0.283 e. The fourth-order valence-electron chi connectivity index (χ4n) is 3.39. The number of benzene rings is 2. The Morgan fingerprint density at radius 3 is 2.38 bits per heavy atom. The van der Waals surface area contributed by atoms with E-state index in [0.29, 0.717) is 39.6 Å². The minimum atomic E-state index is -0.500. The van der Waals surface area contributed by atoms with Gasteiger partial charge in [0.05, 0.1) is 24.8 Å². The zero-order valence-electron chi connectivity index (χ0n) is 19.2. The van der Waals surface area contributed by atoms with Gasteiger partial charge in [-0.15, -0.1) is 0 Å². The Hall–Kier alpha value is -3.79. The number of methoxy groups -OCH3 is 2. The van der Waals surface area contributed by atoms with E-state index in [1.165, 1.54) is 31.0 Å². The topological polar surface area (TPSA) is 106 Å². The fourth-order valence-corrected chi connectivity index (χ4v) is 4.13. The lowest BCUT2D eigenvalue weighted by atomic mass is 10.1. The number of aryl methyl sites for hydroxylation is 1. The number of thioether (sulfide) groups is 1. The second-order valence-corrected chi connectivity index (χ2v) is 8.52. The molecule has 0 saturated heterocycles. The second-order valence-electron chi connectivity index (χ2n) is 7.36. The number of amidine groups is 2. The highest BCUT2D eigenvalue weighted by atomic mass is 32.2. The average molecular weight is 481 g/mol. The molecule has 9 nitrogen and oxygen atoms in total. The van der Waals surface area contributed by atoms with Crippen molar-refractivity contribution >= 4 is 39.8 Å². The average Bonchev–Trinajstić information content (AvgIpc) is 3.20. The molecule has 176 valence electrons. The van der Waals surface area contributed by atoms with E-state index in [1.807, 2.05) is 31.2 Å². The molecule has 34 heavy (non-hydrogen) atoms. The van der Waals surface area contributed by atoms with Gasteiger partial charge in [-0.25, -0.2) is 0 Å². The van der Waals surface area contributed by atoms with E-state index in [1.54, 1.807) is 25.1 Å². The molecule has 2 heterocycles. The molecule has 2 aromatic rings. The predicted molar refractivity (Wildman–Crippen MR) is 132 cm³/mol. The Bertz CT molecular complexity index is 1210. The van der Waals surface area contributed by atoms with Crippen LogP contribution in [0.3, 0.4) is 0 Å². The molecule has 0 radical (unpaired) electrons. The van der Waals surface area contributed by atoms with Crippen LogP contribution in [0.2, 0.25) is 0 Å². The maximum Gasteiger partial charge on any atom is 0.283 e. The maximum atomic E-state index is 12.6. The molecular formula is C24H24N4O5S. The highest BCUT2D eigenvalue weighted by molar-refractivity contribution is 8.26. The van der Waals surface area contributed by atoms with Gasteiger partial charge in [0, 0.05) is 0 Å². The van der Waals surface area contributed by atoms with Crippen LogP contribution in [0.5, 0.6) is 23.0 Å². The standard InChI is InChI=1S/C24H24N4O5S/c1-14-7-5-6-8-18(14)32-9-10-33-21-19(30-3)12-16(13-20(21)31-4)11-17-22(25)28-24(26-23(17)29)34-15(2)27-28/h5-8,11-13,25H,9-10H2,1-4H3/b17-11+,25-22?. The summed E-state index contributed by atoms with van der Waals surface area (Å²) in [6.45, 7) is 4.39. The molecule has 0 aliphatic carbocycles. The molecular weight excluding hydrogens is 456 g/mol. The monoisotopic (exact) mass is 480 g/mol. The van der Waals surface area contributed by atoms with Crippen LogP contribution >= 0.6 is 11.8 Å². The number of rotatable bonds is 8. The minimum Gasteiger partial charge on any atom is -0.493 e. The molecule has 2 aromatic carbocycles. The Labute approximate surface area is 201 Å². The third-order valence-corrected chi connectivity index (χ3v) is 5.85. The molecule has 4 rings (SSSR count). The Kier molecular flexibility index (Phi) is 6.87. The number of hydrogen-bond donors (Lipinski definition) is 1. The van der Waals surface area contributed by atoms with Gasteiger partial charge in [-0.3, -0.25) is 10.2 Å². The number of carbonyl (C=O) groups is 1. The molecule has 0 atom stereocenters. The van der Waals surface area contributed by atoms with Gasteiger partial charge in [0.15, 0.2) is 17.3 Å². The van der Waals surface area contributed by atoms with E-state index < -0.39 is 5.91 Å². The molecule has 0 saturated carbocycles. The zero-order valence-corrected chi connectivity index (χ0v) is 20.1. The van der Waals surface area contributed by atoms with Gasteiger partial charge in [0.2, 0.25) is 10.9 Å². The molecule has 2 aliphatic heterocycles. The van der Waals surface area contributed by atoms with Crippen molar-refractivity contribution in [3.63, 3.8) is 0 Å². The van der Waals surface area contributed by atoms with Crippen molar-refractivity contribution in [3.8, 4) is 23.0 Å². The van der Waals surface area contributed by atoms with Crippen LogP contribution in [0.1, 0.15) is 18.1 Å². The summed E-state index contributed by atoms with van der Waals surface area (Å²) in [6.07, 6.45) is 1.56. The van der Waals surface area contributed by atoms with Gasteiger partial charge in [0.25, 0.3) is 5.91 Å². The molecule has 0 spiro atoms. The van der Waals surface area contributed by atoms with E-state index in [9.17, 15) is 4.79 Å². The lowest BCUT2D eigenvalue weighted by Crippen LogP contribution is -2.35. The van der Waals surface area contributed by atoms with E-state index in [0.717, 1.165) is 11.3 Å². The molecule has 1 amide bonds. The lowest BCUT2D eigenvalue weighted by Gasteiger charge is -2.20. The summed E-state index contributed by atoms with van der Waals surface area (Å²) in [6, 6.07) is 11.2. The molecule has 1 N–H and O–H groups in total. The van der Waals surface area contributed by atoms with Gasteiger partial charge in [-0.2, -0.15) is 15.1 Å². The Balaban J connectivity index is 1.54. The van der Waals surface area contributed by atoms with Crippen LogP contribution in [-0.4, -0.2) is 54.4 Å². The van der Waals surface area contributed by atoms with Gasteiger partial charge in [-0.05, 0) is 61.0 Å². The minimum absolute atomic E-state index is 0.0361. The third-order valence-electron chi connectivity index (χ3n) is 5.03. The number of para-hydroxylation sites is 1. The molecule has 0 aromatic heterocycles. The summed E-state index contributed by atoms with van der Waals surface area (Å²) in [5.74, 6) is 1.53. The van der Waals surface area contributed by atoms with Gasteiger partial charge >= 0.3 is 0 Å². The highest BCUT2D eigenvalue weighted by Gasteiger charge is 2.34. The number of nitrogens with zero attached hydrogens (tertiary/aromatic N) is 3. The van der Waals surface area contributed by atoms with Crippen molar-refractivity contribution in [2.45, 2.75) is 13.8 Å². The van der Waals surface area contributed by atoms with Gasteiger partial charge in [0.1, 0.15) is 19.0 Å². The summed E-state index contributed by atoms with van der Waals surface area (Å²) >= 11 is 1.26. The summed E-state index contributed by atoms with van der Waals surface area (Å²) in [5, 5.41) is 15.1. The highest BCUT2D eigenvalue weighted by Crippen LogP contribution is 2.39. The fraction of sp³-hybridized carbons (Fsp3) is 0.250. The van der Waals surface area contributed by atoms with Crippen LogP contribution in [0.15, 0.2) is 52.1 Å². The normalized spacial score (nSPS) is 16.2. The largest absolute Gasteiger partial charge is 0.493 e. The van der Waals surface area contributed by atoms with E-state index in [4.69, 9.17) is 24.4 Å². The van der Waals surface area contributed by atoms with E-state index in [-0.39, 0.29) is 18.0 Å². The van der Waals surface area contributed by atoms with Gasteiger partial charge < -0.3 is 18.9 Å². The van der Waals surface area contributed by atoms with Crippen molar-refractivity contribution in [2.24, 2.45) is 10.1 Å². The number of fused-ring (bicyclic) bond motifs is 1. The van der Waals surface area contributed by atoms with Crippen molar-refractivity contribution in [1.82, 2.24) is 5.01 Å². The molecule has 10 heteroatoms. The van der Waals surface area contributed by atoms with Crippen LogP contribution in [0, 0.1) is 12.3 Å². The summed E-state index contributed by atoms with van der Waals surface area (Å²) < 4.78 is 22.7. The predicted octanol–water partition coefficient (Wildman–Crippen LogP) is 4.11. The maximum absolute atomic E-state index is 12.6. The number of carbonyl (C=O) groups excluding carboxylic acids is 1. The van der Waals surface area contributed by atoms with Crippen molar-refractivity contribution in [1.29, 1.82) is 5.41 Å². The lowest BCUT2D eigenvalue weighted by molar-refractivity contribution is -0.114. The number of hydrazone groups is 1. The quantitative estimate of drug-likeness (QED) is 0.448. The number of hydrogen-bond acceptors (Lipinski definition) is 8. The van der Waals surface area contributed by atoms with Crippen LogP contribution in [0.4, 0.5) is 0 Å². The van der Waals surface area contributed by atoms with Crippen LogP contribution < -0.4 is 18.9 Å². The first-order valence-corrected chi connectivity index (χ1v) is 11.3. The van der Waals surface area contributed by atoms with E-state index >= 15 is 0 Å². The summed E-state index contributed by atoms with van der Waals surface area (Å²) in [7, 11) is 3.04. The summed E-state index contributed by atoms with van der Waals surface area (Å²) in [4.78, 5) is 16.6. The SMILES string of the molecule is COc1cc(/C=C2\C(=N)N3N=C(C)SC3=NC2=O)cc(OC)c1OCCOc1ccccc1C. The first-order valence-electron chi connectivity index (χ1n) is 10.5. The van der Waals surface area contributed by atoms with Crippen molar-refractivity contribution in [2.75, 3.05) is 27.4 Å². The summed E-state index contributed by atoms with van der Waals surface area (Å²) in [5.41, 5.74) is 1.76. The molecule has 0 unspecified atom stereocenters. The molecule has 0 bridgehead atoms. The molecule has 0 fully saturated rings. The number of amides is 1. The second kappa shape index (κ2) is 10.0.